The molecule has 1 fully saturated rings. The Morgan fingerprint density at radius 3 is 2.68 bits per heavy atom. The number of amides is 2. The highest BCUT2D eigenvalue weighted by molar-refractivity contribution is 6.31. The molecule has 1 aromatic rings. The molecule has 0 unspecified atom stereocenters. The Hall–Kier alpha value is -1.59. The summed E-state index contributed by atoms with van der Waals surface area (Å²) >= 11 is 6.03. The Labute approximate surface area is 116 Å². The molecule has 2 rings (SSSR count). The Morgan fingerprint density at radius 1 is 1.37 bits per heavy atom. The van der Waals surface area contributed by atoms with Gasteiger partial charge in [-0.3, -0.25) is 9.59 Å². The van der Waals surface area contributed by atoms with E-state index in [0.29, 0.717) is 23.2 Å². The largest absolute Gasteiger partial charge is 0.366 e. The molecule has 0 heterocycles. The number of hydrogen-bond acceptors (Lipinski definition) is 3. The van der Waals surface area contributed by atoms with Gasteiger partial charge in [0.25, 0.3) is 0 Å². The summed E-state index contributed by atoms with van der Waals surface area (Å²) in [6, 6.07) is 5.25. The molecular weight excluding hydrogens is 266 g/mol. The summed E-state index contributed by atoms with van der Waals surface area (Å²) in [5.41, 5.74) is 6.36. The molecule has 0 radical (unpaired) electrons. The zero-order valence-corrected chi connectivity index (χ0v) is 11.2. The third kappa shape index (κ3) is 4.22. The van der Waals surface area contributed by atoms with Gasteiger partial charge in [0.15, 0.2) is 0 Å². The fourth-order valence-corrected chi connectivity index (χ4v) is 1.91. The molecule has 0 aliphatic heterocycles. The van der Waals surface area contributed by atoms with Crippen LogP contribution in [0.3, 0.4) is 0 Å². The lowest BCUT2D eigenvalue weighted by Gasteiger charge is -2.08. The van der Waals surface area contributed by atoms with Crippen molar-refractivity contribution in [1.29, 1.82) is 0 Å². The summed E-state index contributed by atoms with van der Waals surface area (Å²) in [5, 5.41) is 6.36. The van der Waals surface area contributed by atoms with Gasteiger partial charge in [0.2, 0.25) is 11.8 Å². The zero-order valence-electron chi connectivity index (χ0n) is 10.4. The molecule has 6 heteroatoms. The first-order chi connectivity index (χ1) is 9.06. The molecule has 0 spiro atoms. The van der Waals surface area contributed by atoms with Gasteiger partial charge in [-0.25, -0.2) is 0 Å². The minimum Gasteiger partial charge on any atom is -0.366 e. The highest BCUT2D eigenvalue weighted by Crippen LogP contribution is 2.18. The second-order valence-corrected chi connectivity index (χ2v) is 5.02. The van der Waals surface area contributed by atoms with Gasteiger partial charge >= 0.3 is 0 Å². The molecule has 0 aromatic heterocycles. The predicted octanol–water partition coefficient (Wildman–Crippen LogP) is 0.807. The van der Waals surface area contributed by atoms with E-state index in [9.17, 15) is 9.59 Å². The van der Waals surface area contributed by atoms with Crippen molar-refractivity contribution in [3.05, 3.63) is 34.3 Å². The number of nitrogens with one attached hydrogen (secondary N) is 2. The van der Waals surface area contributed by atoms with Crippen LogP contribution >= 0.6 is 11.6 Å². The molecule has 1 aliphatic carbocycles. The van der Waals surface area contributed by atoms with Gasteiger partial charge < -0.3 is 16.4 Å². The normalized spacial score (nSPS) is 14.2. The van der Waals surface area contributed by atoms with Crippen molar-refractivity contribution in [2.75, 3.05) is 6.54 Å². The second kappa shape index (κ2) is 6.04. The molecule has 2 amide bonds. The van der Waals surface area contributed by atoms with Gasteiger partial charge in [0.05, 0.1) is 6.54 Å². The van der Waals surface area contributed by atoms with E-state index in [-0.39, 0.29) is 12.5 Å². The van der Waals surface area contributed by atoms with E-state index in [0.717, 1.165) is 18.4 Å². The Bertz CT molecular complexity index is 501. The summed E-state index contributed by atoms with van der Waals surface area (Å²) in [4.78, 5) is 22.4. The number of carbonyl (C=O) groups excluding carboxylic acids is 2. The third-order valence-corrected chi connectivity index (χ3v) is 3.23. The van der Waals surface area contributed by atoms with Gasteiger partial charge in [0, 0.05) is 23.2 Å². The summed E-state index contributed by atoms with van der Waals surface area (Å²) in [7, 11) is 0. The molecule has 1 saturated carbocycles. The first kappa shape index (κ1) is 13.8. The van der Waals surface area contributed by atoms with Crippen LogP contribution in [0.15, 0.2) is 18.2 Å². The average Bonchev–Trinajstić information content (AvgIpc) is 3.14. The maximum atomic E-state index is 11.4. The van der Waals surface area contributed by atoms with E-state index in [2.05, 4.69) is 10.6 Å². The van der Waals surface area contributed by atoms with Crippen molar-refractivity contribution in [3.63, 3.8) is 0 Å². The highest BCUT2D eigenvalue weighted by Gasteiger charge is 2.22. The van der Waals surface area contributed by atoms with Crippen LogP contribution in [0.5, 0.6) is 0 Å². The number of hydrogen-bond donors (Lipinski definition) is 3. The molecular formula is C13H16ClN3O2. The minimum absolute atomic E-state index is 0.00706. The second-order valence-electron chi connectivity index (χ2n) is 4.62. The minimum atomic E-state index is -0.509. The third-order valence-electron chi connectivity index (χ3n) is 2.88. The first-order valence-corrected chi connectivity index (χ1v) is 6.52. The molecule has 102 valence electrons. The number of rotatable bonds is 6. The fraction of sp³-hybridized carbons (Fsp3) is 0.385. The standard InChI is InChI=1S/C13H16ClN3O2/c14-11-5-8(13(15)19)1-2-9(11)6-16-7-12(18)17-10-3-4-10/h1-2,5,10,16H,3-4,6-7H2,(H2,15,19)(H,17,18). The van der Waals surface area contributed by atoms with Gasteiger partial charge in [-0.05, 0) is 30.5 Å². The zero-order chi connectivity index (χ0) is 13.8. The lowest BCUT2D eigenvalue weighted by Crippen LogP contribution is -2.34. The van der Waals surface area contributed by atoms with E-state index in [4.69, 9.17) is 17.3 Å². The number of carbonyl (C=O) groups is 2. The SMILES string of the molecule is NC(=O)c1ccc(CNCC(=O)NC2CC2)c(Cl)c1. The number of halogens is 1. The van der Waals surface area contributed by atoms with E-state index < -0.39 is 5.91 Å². The summed E-state index contributed by atoms with van der Waals surface area (Å²) in [6.07, 6.45) is 2.15. The summed E-state index contributed by atoms with van der Waals surface area (Å²) in [5.74, 6) is -0.516. The lowest BCUT2D eigenvalue weighted by molar-refractivity contribution is -0.120. The number of primary amides is 1. The van der Waals surface area contributed by atoms with Crippen molar-refractivity contribution < 1.29 is 9.59 Å². The van der Waals surface area contributed by atoms with Crippen LogP contribution in [-0.2, 0) is 11.3 Å². The van der Waals surface area contributed by atoms with Gasteiger partial charge in [0.1, 0.15) is 0 Å². The quantitative estimate of drug-likeness (QED) is 0.721. The van der Waals surface area contributed by atoms with Gasteiger partial charge in [-0.15, -0.1) is 0 Å². The van der Waals surface area contributed by atoms with Crippen LogP contribution in [0.1, 0.15) is 28.8 Å². The fourth-order valence-electron chi connectivity index (χ4n) is 1.66. The maximum absolute atomic E-state index is 11.4. The van der Waals surface area contributed by atoms with Crippen LogP contribution in [0.4, 0.5) is 0 Å². The van der Waals surface area contributed by atoms with Crippen molar-refractivity contribution in [3.8, 4) is 0 Å². The van der Waals surface area contributed by atoms with Crippen molar-refractivity contribution in [2.24, 2.45) is 5.73 Å². The molecule has 1 aliphatic rings. The van der Waals surface area contributed by atoms with E-state index in [1.54, 1.807) is 12.1 Å². The van der Waals surface area contributed by atoms with Crippen molar-refractivity contribution in [1.82, 2.24) is 10.6 Å². The molecule has 0 bridgehead atoms. The topological polar surface area (TPSA) is 84.2 Å². The van der Waals surface area contributed by atoms with Crippen molar-refractivity contribution >= 4 is 23.4 Å². The van der Waals surface area contributed by atoms with Crippen LogP contribution < -0.4 is 16.4 Å². The van der Waals surface area contributed by atoms with Gasteiger partial charge in [-0.1, -0.05) is 17.7 Å². The van der Waals surface area contributed by atoms with Crippen LogP contribution in [0.25, 0.3) is 0 Å². The van der Waals surface area contributed by atoms with Crippen LogP contribution in [-0.4, -0.2) is 24.4 Å². The average molecular weight is 282 g/mol. The van der Waals surface area contributed by atoms with E-state index >= 15 is 0 Å². The molecule has 0 saturated heterocycles. The number of nitrogens with two attached hydrogens (primary N) is 1. The smallest absolute Gasteiger partial charge is 0.248 e. The molecule has 4 N–H and O–H groups in total. The summed E-state index contributed by atoms with van der Waals surface area (Å²) < 4.78 is 0. The highest BCUT2D eigenvalue weighted by atomic mass is 35.5. The first-order valence-electron chi connectivity index (χ1n) is 6.14. The maximum Gasteiger partial charge on any atom is 0.248 e. The van der Waals surface area contributed by atoms with E-state index in [1.165, 1.54) is 6.07 Å². The van der Waals surface area contributed by atoms with Crippen LogP contribution in [0, 0.1) is 0 Å². The van der Waals surface area contributed by atoms with E-state index in [1.807, 2.05) is 0 Å². The predicted molar refractivity (Wildman–Crippen MR) is 72.8 cm³/mol. The Balaban J connectivity index is 1.81. The van der Waals surface area contributed by atoms with Gasteiger partial charge in [-0.2, -0.15) is 0 Å². The molecule has 19 heavy (non-hydrogen) atoms. The molecule has 1 aromatic carbocycles. The number of benzene rings is 1. The monoisotopic (exact) mass is 281 g/mol. The van der Waals surface area contributed by atoms with Crippen LogP contribution in [0.2, 0.25) is 5.02 Å². The lowest BCUT2D eigenvalue weighted by atomic mass is 10.1. The molecule has 0 atom stereocenters. The molecule has 5 nitrogen and oxygen atoms in total. The van der Waals surface area contributed by atoms with Crippen molar-refractivity contribution in [2.45, 2.75) is 25.4 Å². The Kier molecular flexibility index (Phi) is 4.39. The Morgan fingerprint density at radius 2 is 2.11 bits per heavy atom. The summed E-state index contributed by atoms with van der Waals surface area (Å²) in [6.45, 7) is 0.723.